The summed E-state index contributed by atoms with van der Waals surface area (Å²) in [4.78, 5) is 0. The van der Waals surface area contributed by atoms with Crippen LogP contribution in [0.2, 0.25) is 0 Å². The second-order valence-electron chi connectivity index (χ2n) is 10.6. The van der Waals surface area contributed by atoms with E-state index >= 15 is 0 Å². The molecule has 0 aliphatic rings. The van der Waals surface area contributed by atoms with E-state index in [1.165, 1.54) is 38.5 Å². The monoisotopic (exact) mass is 324 g/mol. The third-order valence-electron chi connectivity index (χ3n) is 7.07. The zero-order valence-electron chi connectivity index (χ0n) is 18.5. The standard InChI is InChI=1S/C23H48/c1-12-19(15-16-22(8,9)14-3)17-18(4)23(10,11)20(13-2)21(5,6)7/h18-20H,12-17H2,1-11H3. The second-order valence-corrected chi connectivity index (χ2v) is 10.6. The van der Waals surface area contributed by atoms with Gasteiger partial charge in [-0.3, -0.25) is 0 Å². The molecule has 0 fully saturated rings. The summed E-state index contributed by atoms with van der Waals surface area (Å²) >= 11 is 0. The molecule has 0 nitrogen and oxygen atoms in total. The fraction of sp³-hybridized carbons (Fsp3) is 1.00. The van der Waals surface area contributed by atoms with E-state index in [1.54, 1.807) is 0 Å². The highest BCUT2D eigenvalue weighted by Gasteiger charge is 2.40. The van der Waals surface area contributed by atoms with E-state index in [4.69, 9.17) is 0 Å². The summed E-state index contributed by atoms with van der Waals surface area (Å²) in [6.45, 7) is 26.8. The lowest BCUT2D eigenvalue weighted by molar-refractivity contribution is 0.0235. The predicted molar refractivity (Wildman–Crippen MR) is 108 cm³/mol. The lowest BCUT2D eigenvalue weighted by atomic mass is 9.58. The van der Waals surface area contributed by atoms with E-state index in [2.05, 4.69) is 76.2 Å². The van der Waals surface area contributed by atoms with Crippen LogP contribution < -0.4 is 0 Å². The molecule has 0 saturated carbocycles. The minimum atomic E-state index is 0.401. The highest BCUT2D eigenvalue weighted by Crippen LogP contribution is 2.48. The molecule has 0 aromatic rings. The van der Waals surface area contributed by atoms with Gasteiger partial charge in [-0.25, -0.2) is 0 Å². The van der Waals surface area contributed by atoms with Crippen molar-refractivity contribution in [2.45, 2.75) is 115 Å². The molecule has 0 spiro atoms. The minimum Gasteiger partial charge on any atom is -0.0651 e. The van der Waals surface area contributed by atoms with Gasteiger partial charge < -0.3 is 0 Å². The van der Waals surface area contributed by atoms with Gasteiger partial charge in [0, 0.05) is 0 Å². The third kappa shape index (κ3) is 7.18. The molecule has 0 aliphatic heterocycles. The maximum atomic E-state index is 2.53. The second kappa shape index (κ2) is 8.91. The van der Waals surface area contributed by atoms with Crippen molar-refractivity contribution >= 4 is 0 Å². The van der Waals surface area contributed by atoms with Crippen LogP contribution >= 0.6 is 0 Å². The summed E-state index contributed by atoms with van der Waals surface area (Å²) in [5, 5.41) is 0. The molecule has 23 heavy (non-hydrogen) atoms. The first-order valence-electron chi connectivity index (χ1n) is 10.3. The SMILES string of the molecule is CCC(CCC(C)(C)CC)CC(C)C(C)(C)C(CC)C(C)(C)C. The zero-order valence-corrected chi connectivity index (χ0v) is 18.5. The minimum absolute atomic E-state index is 0.401. The van der Waals surface area contributed by atoms with Crippen LogP contribution in [0.15, 0.2) is 0 Å². The summed E-state index contributed by atoms with van der Waals surface area (Å²) in [5.74, 6) is 2.48. The van der Waals surface area contributed by atoms with Gasteiger partial charge >= 0.3 is 0 Å². The highest BCUT2D eigenvalue weighted by molar-refractivity contribution is 4.89. The van der Waals surface area contributed by atoms with Gasteiger partial charge in [0.25, 0.3) is 0 Å². The summed E-state index contributed by atoms with van der Waals surface area (Å²) in [5.41, 5.74) is 1.34. The Morgan fingerprint density at radius 2 is 1.30 bits per heavy atom. The van der Waals surface area contributed by atoms with Crippen LogP contribution in [-0.2, 0) is 0 Å². The van der Waals surface area contributed by atoms with Gasteiger partial charge in [0.15, 0.2) is 0 Å². The average Bonchev–Trinajstić information content (AvgIpc) is 2.41. The normalized spacial score (nSPS) is 17.9. The number of hydrogen-bond acceptors (Lipinski definition) is 0. The van der Waals surface area contributed by atoms with Crippen LogP contribution in [0.1, 0.15) is 115 Å². The van der Waals surface area contributed by atoms with Crippen molar-refractivity contribution in [1.29, 1.82) is 0 Å². The smallest absolute Gasteiger partial charge is 0.0295 e. The topological polar surface area (TPSA) is 0 Å². The predicted octanol–water partition coefficient (Wildman–Crippen LogP) is 8.35. The Kier molecular flexibility index (Phi) is 8.91. The molecular formula is C23H48. The van der Waals surface area contributed by atoms with Gasteiger partial charge in [-0.05, 0) is 53.3 Å². The maximum Gasteiger partial charge on any atom is -0.0295 e. The molecule has 0 aromatic heterocycles. The van der Waals surface area contributed by atoms with Crippen LogP contribution in [0.25, 0.3) is 0 Å². The Balaban J connectivity index is 4.89. The molecule has 3 unspecified atom stereocenters. The molecule has 3 atom stereocenters. The molecule has 0 rings (SSSR count). The van der Waals surface area contributed by atoms with Gasteiger partial charge in [0.2, 0.25) is 0 Å². The largest absolute Gasteiger partial charge is 0.0651 e. The van der Waals surface area contributed by atoms with Crippen molar-refractivity contribution in [2.75, 3.05) is 0 Å². The summed E-state index contributed by atoms with van der Waals surface area (Å²) in [6, 6.07) is 0. The lowest BCUT2D eigenvalue weighted by Gasteiger charge is -2.47. The highest BCUT2D eigenvalue weighted by atomic mass is 14.5. The zero-order chi connectivity index (χ0) is 18.5. The van der Waals surface area contributed by atoms with E-state index in [0.29, 0.717) is 16.2 Å². The van der Waals surface area contributed by atoms with Crippen LogP contribution in [-0.4, -0.2) is 0 Å². The van der Waals surface area contributed by atoms with Gasteiger partial charge in [-0.1, -0.05) is 95.4 Å². The average molecular weight is 325 g/mol. The van der Waals surface area contributed by atoms with Gasteiger partial charge in [0.1, 0.15) is 0 Å². The Labute approximate surface area is 149 Å². The van der Waals surface area contributed by atoms with Crippen molar-refractivity contribution in [3.8, 4) is 0 Å². The Morgan fingerprint density at radius 3 is 1.65 bits per heavy atom. The van der Waals surface area contributed by atoms with Crippen LogP contribution in [0.5, 0.6) is 0 Å². The summed E-state index contributed by atoms with van der Waals surface area (Å²) < 4.78 is 0. The number of hydrogen-bond donors (Lipinski definition) is 0. The van der Waals surface area contributed by atoms with Crippen molar-refractivity contribution in [3.63, 3.8) is 0 Å². The summed E-state index contributed by atoms with van der Waals surface area (Å²) in [6.07, 6.45) is 8.12. The first-order valence-corrected chi connectivity index (χ1v) is 10.3. The quantitative estimate of drug-likeness (QED) is 0.378. The van der Waals surface area contributed by atoms with Crippen molar-refractivity contribution in [2.24, 2.45) is 34.0 Å². The molecule has 0 N–H and O–H groups in total. The molecule has 0 radical (unpaired) electrons. The molecule has 0 saturated heterocycles. The van der Waals surface area contributed by atoms with Crippen LogP contribution in [0, 0.1) is 34.0 Å². The van der Waals surface area contributed by atoms with Crippen molar-refractivity contribution in [3.05, 3.63) is 0 Å². The maximum absolute atomic E-state index is 2.53. The van der Waals surface area contributed by atoms with Crippen LogP contribution in [0.4, 0.5) is 0 Å². The lowest BCUT2D eigenvalue weighted by Crippen LogP contribution is -2.39. The molecular weight excluding hydrogens is 276 g/mol. The van der Waals surface area contributed by atoms with E-state index in [1.807, 2.05) is 0 Å². The molecule has 0 heterocycles. The fourth-order valence-corrected chi connectivity index (χ4v) is 4.66. The van der Waals surface area contributed by atoms with Crippen molar-refractivity contribution in [1.82, 2.24) is 0 Å². The van der Waals surface area contributed by atoms with E-state index in [-0.39, 0.29) is 0 Å². The van der Waals surface area contributed by atoms with E-state index in [9.17, 15) is 0 Å². The molecule has 0 bridgehead atoms. The summed E-state index contributed by atoms with van der Waals surface area (Å²) in [7, 11) is 0. The van der Waals surface area contributed by atoms with Crippen molar-refractivity contribution < 1.29 is 0 Å². The molecule has 0 aliphatic carbocycles. The first-order chi connectivity index (χ1) is 10.3. The Bertz CT molecular complexity index is 315. The van der Waals surface area contributed by atoms with Crippen LogP contribution in [0.3, 0.4) is 0 Å². The Morgan fingerprint density at radius 1 is 0.783 bits per heavy atom. The number of rotatable bonds is 10. The molecule has 0 heteroatoms. The third-order valence-corrected chi connectivity index (χ3v) is 7.07. The molecule has 140 valence electrons. The molecule has 0 amide bonds. The van der Waals surface area contributed by atoms with E-state index < -0.39 is 0 Å². The van der Waals surface area contributed by atoms with E-state index in [0.717, 1.165) is 17.8 Å². The first kappa shape index (κ1) is 23.0. The van der Waals surface area contributed by atoms with Gasteiger partial charge in [0.05, 0.1) is 0 Å². The van der Waals surface area contributed by atoms with Gasteiger partial charge in [-0.15, -0.1) is 0 Å². The Hall–Kier alpha value is 0. The fourth-order valence-electron chi connectivity index (χ4n) is 4.66. The molecule has 0 aromatic carbocycles. The van der Waals surface area contributed by atoms with Gasteiger partial charge in [-0.2, -0.15) is 0 Å².